The fourth-order valence-electron chi connectivity index (χ4n) is 7.17. The summed E-state index contributed by atoms with van der Waals surface area (Å²) in [6.45, 7) is 10.1. The zero-order valence-corrected chi connectivity index (χ0v) is 27.7. The number of aryl methyl sites for hydroxylation is 3. The van der Waals surface area contributed by atoms with E-state index in [1.807, 2.05) is 0 Å². The Balaban J connectivity index is 0.00000384. The molecule has 232 valence electrons. The first-order chi connectivity index (χ1) is 21.2. The van der Waals surface area contributed by atoms with Crippen LogP contribution in [0, 0.1) is 0 Å². The van der Waals surface area contributed by atoms with Gasteiger partial charge in [0.05, 0.1) is 0 Å². The molecule has 0 N–H and O–H groups in total. The zero-order chi connectivity index (χ0) is 29.6. The lowest BCUT2D eigenvalue weighted by atomic mass is 9.84. The number of nitrogens with zero attached hydrogens (tertiary/aromatic N) is 3. The van der Waals surface area contributed by atoms with E-state index in [-0.39, 0.29) is 18.3 Å². The Labute approximate surface area is 270 Å². The largest absolute Gasteiger partial charge is 1.00 e. The van der Waals surface area contributed by atoms with Crippen molar-refractivity contribution in [3.05, 3.63) is 108 Å². The van der Waals surface area contributed by atoms with E-state index in [1.54, 1.807) is 0 Å². The van der Waals surface area contributed by atoms with E-state index < -0.39 is 0 Å². The van der Waals surface area contributed by atoms with E-state index in [0.717, 1.165) is 19.6 Å². The van der Waals surface area contributed by atoms with Crippen LogP contribution in [0.2, 0.25) is 0 Å². The van der Waals surface area contributed by atoms with Gasteiger partial charge in [-0.25, -0.2) is 0 Å². The van der Waals surface area contributed by atoms with Crippen LogP contribution in [0.5, 0.6) is 0 Å². The molecule has 44 heavy (non-hydrogen) atoms. The molecular weight excluding hydrogens is 558 g/mol. The van der Waals surface area contributed by atoms with E-state index in [4.69, 9.17) is 0 Å². The Morgan fingerprint density at radius 1 is 0.432 bits per heavy atom. The van der Waals surface area contributed by atoms with E-state index >= 15 is 0 Å². The van der Waals surface area contributed by atoms with Gasteiger partial charge in [-0.1, -0.05) is 114 Å². The van der Waals surface area contributed by atoms with Crippen LogP contribution < -0.4 is 12.4 Å². The molecule has 0 aliphatic heterocycles. The fourth-order valence-corrected chi connectivity index (χ4v) is 7.17. The van der Waals surface area contributed by atoms with E-state index in [9.17, 15) is 0 Å². The van der Waals surface area contributed by atoms with E-state index in [1.165, 1.54) is 107 Å². The summed E-state index contributed by atoms with van der Waals surface area (Å²) < 4.78 is 7.61. The van der Waals surface area contributed by atoms with Crippen molar-refractivity contribution in [1.82, 2.24) is 13.7 Å². The third-order valence-electron chi connectivity index (χ3n) is 9.40. The predicted octanol–water partition coefficient (Wildman–Crippen LogP) is 8.31. The fraction of sp³-hybridized carbons (Fsp3) is 0.400. The molecule has 0 saturated heterocycles. The quantitative estimate of drug-likeness (QED) is 0.104. The lowest BCUT2D eigenvalue weighted by Crippen LogP contribution is -3.00. The zero-order valence-electron chi connectivity index (χ0n) is 26.9. The van der Waals surface area contributed by atoms with Crippen molar-refractivity contribution >= 4 is 32.7 Å². The van der Waals surface area contributed by atoms with Crippen molar-refractivity contribution in [2.75, 3.05) is 0 Å². The predicted molar refractivity (Wildman–Crippen MR) is 185 cm³/mol. The van der Waals surface area contributed by atoms with Crippen LogP contribution in [0.1, 0.15) is 101 Å². The third-order valence-corrected chi connectivity index (χ3v) is 9.40. The number of benzene rings is 3. The van der Waals surface area contributed by atoms with Gasteiger partial charge in [0.1, 0.15) is 0 Å². The monoisotopic (exact) mass is 606 g/mol. The first-order valence-corrected chi connectivity index (χ1v) is 17.0. The van der Waals surface area contributed by atoms with Crippen molar-refractivity contribution in [3.8, 4) is 0 Å². The summed E-state index contributed by atoms with van der Waals surface area (Å²) >= 11 is 0. The minimum absolute atomic E-state index is 0. The van der Waals surface area contributed by atoms with Crippen LogP contribution in [-0.2, 0) is 19.6 Å². The Morgan fingerprint density at radius 3 is 1.02 bits per heavy atom. The highest BCUT2D eigenvalue weighted by molar-refractivity contribution is 5.93. The van der Waals surface area contributed by atoms with E-state index in [2.05, 4.69) is 126 Å². The number of rotatable bonds is 15. The molecule has 0 radical (unpaired) electrons. The van der Waals surface area contributed by atoms with Gasteiger partial charge in [-0.3, -0.25) is 0 Å². The second-order valence-corrected chi connectivity index (χ2v) is 12.4. The molecule has 0 aliphatic carbocycles. The summed E-state index contributed by atoms with van der Waals surface area (Å²) in [6, 6.07) is 27.3. The van der Waals surface area contributed by atoms with Gasteiger partial charge in [0, 0.05) is 76.9 Å². The highest BCUT2D eigenvalue weighted by atomic mass is 35.5. The molecular formula is C40H49ClN3-. The molecule has 3 heterocycles. The highest BCUT2D eigenvalue weighted by Gasteiger charge is 2.28. The Kier molecular flexibility index (Phi) is 10.9. The molecule has 0 fully saturated rings. The number of fused-ring (bicyclic) bond motifs is 3. The average molecular weight is 607 g/mol. The van der Waals surface area contributed by atoms with Crippen molar-refractivity contribution in [2.24, 2.45) is 0 Å². The normalized spacial score (nSPS) is 11.7. The topological polar surface area (TPSA) is 14.8 Å². The van der Waals surface area contributed by atoms with Gasteiger partial charge in [-0.2, -0.15) is 0 Å². The summed E-state index contributed by atoms with van der Waals surface area (Å²) in [4.78, 5) is 0. The Morgan fingerprint density at radius 2 is 0.727 bits per heavy atom. The van der Waals surface area contributed by atoms with Gasteiger partial charge in [0.2, 0.25) is 0 Å². The van der Waals surface area contributed by atoms with Gasteiger partial charge in [0.25, 0.3) is 0 Å². The number of unbranched alkanes of at least 4 members (excludes halogenated alkanes) is 6. The maximum Gasteiger partial charge on any atom is 0.0483 e. The summed E-state index contributed by atoms with van der Waals surface area (Å²) in [5.74, 6) is 0.145. The minimum Gasteiger partial charge on any atom is -1.00 e. The summed E-state index contributed by atoms with van der Waals surface area (Å²) in [5, 5.41) is 4.15. The highest BCUT2D eigenvalue weighted by Crippen LogP contribution is 2.44. The van der Waals surface area contributed by atoms with Crippen LogP contribution in [0.25, 0.3) is 32.7 Å². The molecule has 0 atom stereocenters. The standard InChI is InChI=1S/C40H49N3.ClH/c1-4-7-16-25-41-28-34(31-19-10-13-22-37(31)41)40(35-29-42(26-17-8-5-2)38-23-14-11-20-32(35)38)36-30-43(27-18-9-6-3)39-24-15-12-21-33(36)39;/h10-15,19-24,28-30,40H,4-9,16-18,25-27H2,1-3H3;1H/p-1. The number of hydrogen-bond acceptors (Lipinski definition) is 0. The van der Waals surface area contributed by atoms with Crippen LogP contribution in [0.4, 0.5) is 0 Å². The van der Waals surface area contributed by atoms with Crippen molar-refractivity contribution < 1.29 is 12.4 Å². The lowest BCUT2D eigenvalue weighted by Gasteiger charge is -2.17. The second-order valence-electron chi connectivity index (χ2n) is 12.4. The lowest BCUT2D eigenvalue weighted by molar-refractivity contribution is -0.00000872. The first-order valence-electron chi connectivity index (χ1n) is 17.0. The van der Waals surface area contributed by atoms with Crippen LogP contribution in [-0.4, -0.2) is 13.7 Å². The molecule has 4 heteroatoms. The molecule has 3 nitrogen and oxygen atoms in total. The maximum atomic E-state index is 2.54. The van der Waals surface area contributed by atoms with Crippen molar-refractivity contribution in [2.45, 2.75) is 104 Å². The summed E-state index contributed by atoms with van der Waals surface area (Å²) in [6.07, 6.45) is 18.7. The SMILES string of the molecule is CCCCCn1cc(C(c2cn(CCCCC)c3ccccc23)c2cn(CCCCC)c3ccccc23)c2ccccc21.[Cl-]. The smallest absolute Gasteiger partial charge is 0.0483 e. The first kappa shape index (κ1) is 32.0. The van der Waals surface area contributed by atoms with Crippen LogP contribution >= 0.6 is 0 Å². The second kappa shape index (κ2) is 15.0. The Bertz CT molecular complexity index is 1580. The molecule has 3 aromatic carbocycles. The molecule has 6 aromatic rings. The minimum atomic E-state index is 0. The van der Waals surface area contributed by atoms with Gasteiger partial charge < -0.3 is 26.1 Å². The maximum absolute atomic E-state index is 2.54. The average Bonchev–Trinajstić information content (AvgIpc) is 3.71. The molecule has 3 aromatic heterocycles. The molecule has 0 spiro atoms. The van der Waals surface area contributed by atoms with Gasteiger partial charge in [0.15, 0.2) is 0 Å². The number of halogens is 1. The number of hydrogen-bond donors (Lipinski definition) is 0. The van der Waals surface area contributed by atoms with Gasteiger partial charge in [-0.15, -0.1) is 0 Å². The molecule has 0 aliphatic rings. The molecule has 6 rings (SSSR count). The summed E-state index contributed by atoms with van der Waals surface area (Å²) in [5.41, 5.74) is 8.37. The Hall–Kier alpha value is -3.43. The number of para-hydroxylation sites is 3. The molecule has 0 bridgehead atoms. The summed E-state index contributed by atoms with van der Waals surface area (Å²) in [7, 11) is 0. The third kappa shape index (κ3) is 6.35. The molecule has 0 amide bonds. The van der Waals surface area contributed by atoms with E-state index in [0.29, 0.717) is 0 Å². The van der Waals surface area contributed by atoms with Crippen LogP contribution in [0.3, 0.4) is 0 Å². The van der Waals surface area contributed by atoms with Crippen molar-refractivity contribution in [1.29, 1.82) is 0 Å². The molecule has 0 saturated carbocycles. The van der Waals surface area contributed by atoms with Crippen LogP contribution in [0.15, 0.2) is 91.4 Å². The van der Waals surface area contributed by atoms with Gasteiger partial charge >= 0.3 is 0 Å². The van der Waals surface area contributed by atoms with Crippen molar-refractivity contribution in [3.63, 3.8) is 0 Å². The number of aromatic nitrogens is 3. The van der Waals surface area contributed by atoms with Gasteiger partial charge in [-0.05, 0) is 54.2 Å². The molecule has 0 unspecified atom stereocenters.